The van der Waals surface area contributed by atoms with Crippen molar-refractivity contribution in [3.05, 3.63) is 23.8 Å². The highest BCUT2D eigenvalue weighted by atomic mass is 16.8. The Kier molecular flexibility index (Phi) is 4.66. The molecule has 0 radical (unpaired) electrons. The molecule has 22 heavy (non-hydrogen) atoms. The molecule has 1 aromatic rings. The zero-order valence-corrected chi connectivity index (χ0v) is 11.2. The van der Waals surface area contributed by atoms with Gasteiger partial charge in [-0.1, -0.05) is 0 Å². The number of carboxylic acid groups (broad SMARTS) is 1. The maximum atomic E-state index is 11.4. The molecule has 0 aliphatic carbocycles. The third kappa shape index (κ3) is 4.01. The molecule has 1 atom stereocenters. The summed E-state index contributed by atoms with van der Waals surface area (Å²) in [5, 5.41) is 18.2. The van der Waals surface area contributed by atoms with Crippen LogP contribution in [0.2, 0.25) is 0 Å². The van der Waals surface area contributed by atoms with Crippen molar-refractivity contribution in [2.24, 2.45) is 0 Å². The molecule has 1 fully saturated rings. The summed E-state index contributed by atoms with van der Waals surface area (Å²) in [5.74, 6) is -2.38. The Morgan fingerprint density at radius 2 is 2.14 bits per heavy atom. The van der Waals surface area contributed by atoms with Crippen molar-refractivity contribution < 1.29 is 43.5 Å². The van der Waals surface area contributed by atoms with Gasteiger partial charge >= 0.3 is 18.1 Å². The van der Waals surface area contributed by atoms with Gasteiger partial charge in [-0.15, -0.1) is 0 Å². The molecular weight excluding hydrogens is 300 g/mol. The van der Waals surface area contributed by atoms with Crippen molar-refractivity contribution in [3.8, 4) is 11.5 Å². The molecule has 1 aliphatic heterocycles. The van der Waals surface area contributed by atoms with E-state index in [0.717, 1.165) is 12.1 Å². The lowest BCUT2D eigenvalue weighted by atomic mass is 10.2. The van der Waals surface area contributed by atoms with Gasteiger partial charge < -0.3 is 29.2 Å². The number of benzene rings is 1. The Morgan fingerprint density at radius 3 is 2.77 bits per heavy atom. The van der Waals surface area contributed by atoms with Crippen LogP contribution in [-0.2, 0) is 19.0 Å². The second-order valence-electron chi connectivity index (χ2n) is 4.26. The van der Waals surface area contributed by atoms with Crippen LogP contribution < -0.4 is 4.74 Å². The van der Waals surface area contributed by atoms with Crippen LogP contribution in [0.3, 0.4) is 0 Å². The predicted octanol–water partition coefficient (Wildman–Crippen LogP) is 0.548. The number of cyclic esters (lactones) is 2. The number of rotatable bonds is 6. The Morgan fingerprint density at radius 1 is 1.36 bits per heavy atom. The van der Waals surface area contributed by atoms with Crippen LogP contribution in [0.25, 0.3) is 0 Å². The first kappa shape index (κ1) is 15.4. The van der Waals surface area contributed by atoms with Gasteiger partial charge in [0.2, 0.25) is 0 Å². The molecule has 0 bridgehead atoms. The van der Waals surface area contributed by atoms with E-state index >= 15 is 0 Å². The highest BCUT2D eigenvalue weighted by Crippen LogP contribution is 2.22. The van der Waals surface area contributed by atoms with E-state index < -0.39 is 36.6 Å². The van der Waals surface area contributed by atoms with Crippen molar-refractivity contribution in [1.82, 2.24) is 0 Å². The lowest BCUT2D eigenvalue weighted by Gasteiger charge is -2.09. The molecule has 118 valence electrons. The van der Waals surface area contributed by atoms with E-state index in [2.05, 4.69) is 9.47 Å². The van der Waals surface area contributed by atoms with Crippen LogP contribution in [0.15, 0.2) is 18.2 Å². The maximum absolute atomic E-state index is 11.4. The molecule has 1 unspecified atom stereocenters. The average Bonchev–Trinajstić information content (AvgIpc) is 2.89. The summed E-state index contributed by atoms with van der Waals surface area (Å²) >= 11 is 0. The zero-order chi connectivity index (χ0) is 16.1. The molecule has 1 saturated heterocycles. The van der Waals surface area contributed by atoms with E-state index in [9.17, 15) is 19.5 Å². The fourth-order valence-corrected chi connectivity index (χ4v) is 1.59. The predicted molar refractivity (Wildman–Crippen MR) is 67.7 cm³/mol. The average molecular weight is 312 g/mol. The van der Waals surface area contributed by atoms with E-state index in [1.807, 2.05) is 0 Å². The smallest absolute Gasteiger partial charge is 0.507 e. The molecule has 1 heterocycles. The lowest BCUT2D eigenvalue weighted by Crippen LogP contribution is -2.23. The SMILES string of the molecule is O=C(COc1ccc(O)c(C(=O)O)c1)OCC1COC(=O)O1. The summed E-state index contributed by atoms with van der Waals surface area (Å²) in [6.07, 6.45) is -1.47. The Balaban J connectivity index is 1.80. The van der Waals surface area contributed by atoms with Gasteiger partial charge in [0.15, 0.2) is 12.7 Å². The molecule has 0 spiro atoms. The number of ether oxygens (including phenoxy) is 4. The third-order valence-corrected chi connectivity index (χ3v) is 2.64. The van der Waals surface area contributed by atoms with Gasteiger partial charge in [-0.3, -0.25) is 0 Å². The number of carbonyl (C=O) groups excluding carboxylic acids is 2. The molecule has 0 aromatic heterocycles. The van der Waals surface area contributed by atoms with Crippen molar-refractivity contribution >= 4 is 18.1 Å². The Bertz CT molecular complexity index is 595. The number of esters is 1. The lowest BCUT2D eigenvalue weighted by molar-refractivity contribution is -0.148. The third-order valence-electron chi connectivity index (χ3n) is 2.64. The van der Waals surface area contributed by atoms with E-state index in [-0.39, 0.29) is 24.5 Å². The number of carbonyl (C=O) groups is 3. The monoisotopic (exact) mass is 312 g/mol. The van der Waals surface area contributed by atoms with Gasteiger partial charge in [0.25, 0.3) is 0 Å². The Hall–Kier alpha value is -2.97. The first-order valence-corrected chi connectivity index (χ1v) is 6.14. The Labute approximate surface area is 124 Å². The van der Waals surface area contributed by atoms with Gasteiger partial charge in [0.05, 0.1) is 0 Å². The maximum Gasteiger partial charge on any atom is 0.508 e. The second-order valence-corrected chi connectivity index (χ2v) is 4.26. The van der Waals surface area contributed by atoms with Gasteiger partial charge in [0.1, 0.15) is 30.3 Å². The minimum absolute atomic E-state index is 0.00685. The minimum atomic E-state index is -1.33. The van der Waals surface area contributed by atoms with Crippen LogP contribution in [0.5, 0.6) is 11.5 Å². The summed E-state index contributed by atoms with van der Waals surface area (Å²) in [6.45, 7) is -0.623. The molecule has 1 aromatic carbocycles. The van der Waals surface area contributed by atoms with Crippen molar-refractivity contribution in [2.45, 2.75) is 6.10 Å². The topological polar surface area (TPSA) is 129 Å². The number of aromatic carboxylic acids is 1. The number of phenols is 1. The molecule has 2 rings (SSSR count). The van der Waals surface area contributed by atoms with Gasteiger partial charge in [0, 0.05) is 0 Å². The standard InChI is InChI=1S/C13H12O9/c14-10-2-1-7(3-9(10)12(16)17)19-6-11(15)20-4-8-5-21-13(18)22-8/h1-3,8,14H,4-6H2,(H,16,17). The first-order valence-electron chi connectivity index (χ1n) is 6.14. The van der Waals surface area contributed by atoms with Crippen LogP contribution in [0.1, 0.15) is 10.4 Å². The number of hydrogen-bond donors (Lipinski definition) is 2. The second kappa shape index (κ2) is 6.66. The summed E-state index contributed by atoms with van der Waals surface area (Å²) in [7, 11) is 0. The van der Waals surface area contributed by atoms with Gasteiger partial charge in [-0.05, 0) is 18.2 Å². The molecule has 9 nitrogen and oxygen atoms in total. The van der Waals surface area contributed by atoms with Gasteiger partial charge in [-0.25, -0.2) is 14.4 Å². The fourth-order valence-electron chi connectivity index (χ4n) is 1.59. The highest BCUT2D eigenvalue weighted by Gasteiger charge is 2.26. The number of aromatic hydroxyl groups is 1. The molecule has 1 aliphatic rings. The van der Waals surface area contributed by atoms with Crippen LogP contribution in [0.4, 0.5) is 4.79 Å². The van der Waals surface area contributed by atoms with Crippen LogP contribution >= 0.6 is 0 Å². The van der Waals surface area contributed by atoms with Crippen LogP contribution in [-0.4, -0.2) is 54.2 Å². The molecule has 9 heteroatoms. The van der Waals surface area contributed by atoms with Crippen molar-refractivity contribution in [3.63, 3.8) is 0 Å². The number of hydrogen-bond acceptors (Lipinski definition) is 8. The van der Waals surface area contributed by atoms with E-state index in [1.54, 1.807) is 0 Å². The van der Waals surface area contributed by atoms with Crippen molar-refractivity contribution in [2.75, 3.05) is 19.8 Å². The molecule has 0 amide bonds. The first-order chi connectivity index (χ1) is 10.5. The molecular formula is C13H12O9. The summed E-state index contributed by atoms with van der Waals surface area (Å²) in [4.78, 5) is 32.9. The fraction of sp³-hybridized carbons (Fsp3) is 0.308. The van der Waals surface area contributed by atoms with E-state index in [4.69, 9.17) is 14.6 Å². The molecule has 2 N–H and O–H groups in total. The quantitative estimate of drug-likeness (QED) is 0.723. The zero-order valence-electron chi connectivity index (χ0n) is 11.2. The molecule has 0 saturated carbocycles. The van der Waals surface area contributed by atoms with Crippen LogP contribution in [0, 0.1) is 0 Å². The van der Waals surface area contributed by atoms with E-state index in [1.165, 1.54) is 6.07 Å². The summed E-state index contributed by atoms with van der Waals surface area (Å²) < 4.78 is 19.0. The summed E-state index contributed by atoms with van der Waals surface area (Å²) in [6, 6.07) is 3.53. The van der Waals surface area contributed by atoms with Crippen molar-refractivity contribution in [1.29, 1.82) is 0 Å². The normalized spacial score (nSPS) is 16.5. The largest absolute Gasteiger partial charge is 0.508 e. The van der Waals surface area contributed by atoms with E-state index in [0.29, 0.717) is 0 Å². The highest BCUT2D eigenvalue weighted by molar-refractivity contribution is 5.91. The van der Waals surface area contributed by atoms with Gasteiger partial charge in [-0.2, -0.15) is 0 Å². The minimum Gasteiger partial charge on any atom is -0.507 e. The summed E-state index contributed by atoms with van der Waals surface area (Å²) in [5.41, 5.74) is -0.346. The number of carboxylic acids is 1.